The van der Waals surface area contributed by atoms with Gasteiger partial charge < -0.3 is 18.9 Å². The summed E-state index contributed by atoms with van der Waals surface area (Å²) < 4.78 is 34.7. The minimum absolute atomic E-state index is 0.0230. The molecule has 0 aliphatic carbocycles. The number of ether oxygens (including phenoxy) is 2. The zero-order valence-corrected chi connectivity index (χ0v) is 54.6. The van der Waals surface area contributed by atoms with Crippen molar-refractivity contribution in [2.75, 3.05) is 47.5 Å². The maximum absolute atomic E-state index is 12.9. The second-order valence-electron chi connectivity index (χ2n) is 23.5. The molecule has 472 valence electrons. The van der Waals surface area contributed by atoms with Crippen LogP contribution in [0.4, 0.5) is 0 Å². The van der Waals surface area contributed by atoms with Gasteiger partial charge in [-0.2, -0.15) is 0 Å². The molecule has 0 aliphatic heterocycles. The Balaban J connectivity index is 4.12. The van der Waals surface area contributed by atoms with Crippen molar-refractivity contribution in [1.82, 2.24) is 0 Å². The monoisotopic (exact) mass is 1160 g/mol. The fourth-order valence-electron chi connectivity index (χ4n) is 9.15. The second-order valence-corrected chi connectivity index (χ2v) is 24.9. The number of quaternary nitrogens is 1. The zero-order valence-electron chi connectivity index (χ0n) is 53.7. The van der Waals surface area contributed by atoms with E-state index in [-0.39, 0.29) is 32.0 Å². The molecule has 82 heavy (non-hydrogen) atoms. The quantitative estimate of drug-likeness (QED) is 0.0211. The van der Waals surface area contributed by atoms with Crippen LogP contribution in [-0.2, 0) is 32.7 Å². The lowest BCUT2D eigenvalue weighted by Crippen LogP contribution is -2.37. The summed E-state index contributed by atoms with van der Waals surface area (Å²) in [5.41, 5.74) is 0. The van der Waals surface area contributed by atoms with E-state index in [1.165, 1.54) is 148 Å². The number of phosphoric acid groups is 1. The van der Waals surface area contributed by atoms with Gasteiger partial charge in [0.2, 0.25) is 0 Å². The van der Waals surface area contributed by atoms with Gasteiger partial charge in [-0.3, -0.25) is 18.6 Å². The van der Waals surface area contributed by atoms with Crippen molar-refractivity contribution in [3.8, 4) is 0 Å². The van der Waals surface area contributed by atoms with E-state index in [1.54, 1.807) is 0 Å². The van der Waals surface area contributed by atoms with Gasteiger partial charge in [-0.25, -0.2) is 4.57 Å². The molecule has 0 aliphatic rings. The Kier molecular flexibility index (Phi) is 59.7. The summed E-state index contributed by atoms with van der Waals surface area (Å²) in [6.07, 6.45) is 87.5. The van der Waals surface area contributed by atoms with E-state index in [4.69, 9.17) is 18.5 Å². The van der Waals surface area contributed by atoms with Gasteiger partial charge in [-0.15, -0.1) is 0 Å². The SMILES string of the molecule is CC/C=C\C/C=C\C/C=C\C/C=C\C/C=C\C/C=C\C/C=C\CCCCCCCC(=O)OC(COC(=O)CCCCCCCCCCCCCCCCCCCCC/C=C\C/C=C\CCCCCCC)COP(=O)(O)OCC[N+](C)(C)C. The summed E-state index contributed by atoms with van der Waals surface area (Å²) in [5.74, 6) is -0.817. The smallest absolute Gasteiger partial charge is 0.462 e. The Morgan fingerprint density at radius 3 is 1.04 bits per heavy atom. The molecule has 0 saturated heterocycles. The number of nitrogens with zero attached hydrogens (tertiary/aromatic N) is 1. The predicted molar refractivity (Wildman–Crippen MR) is 353 cm³/mol. The number of carbonyl (C=O) groups is 2. The fourth-order valence-corrected chi connectivity index (χ4v) is 9.89. The van der Waals surface area contributed by atoms with Crippen molar-refractivity contribution in [2.24, 2.45) is 0 Å². The topological polar surface area (TPSA) is 108 Å². The van der Waals surface area contributed by atoms with Crippen molar-refractivity contribution in [1.29, 1.82) is 0 Å². The van der Waals surface area contributed by atoms with Gasteiger partial charge in [-0.05, 0) is 103 Å². The van der Waals surface area contributed by atoms with Gasteiger partial charge in [0.15, 0.2) is 6.10 Å². The molecule has 0 amide bonds. The van der Waals surface area contributed by atoms with Crippen LogP contribution in [0.15, 0.2) is 109 Å². The second kappa shape index (κ2) is 62.2. The Bertz CT molecular complexity index is 1750. The van der Waals surface area contributed by atoms with Crippen LogP contribution in [0.1, 0.15) is 284 Å². The van der Waals surface area contributed by atoms with Gasteiger partial charge in [0, 0.05) is 12.8 Å². The number of esters is 2. The van der Waals surface area contributed by atoms with Gasteiger partial charge in [0.25, 0.3) is 0 Å². The van der Waals surface area contributed by atoms with Gasteiger partial charge >= 0.3 is 19.8 Å². The molecular weight excluding hydrogens is 1040 g/mol. The van der Waals surface area contributed by atoms with Gasteiger partial charge in [0.05, 0.1) is 27.7 Å². The highest BCUT2D eigenvalue weighted by molar-refractivity contribution is 7.47. The largest absolute Gasteiger partial charge is 0.472 e. The van der Waals surface area contributed by atoms with Crippen LogP contribution in [0.2, 0.25) is 0 Å². The molecular formula is C72H127NO8P+. The molecule has 0 saturated carbocycles. The lowest BCUT2D eigenvalue weighted by Gasteiger charge is -2.24. The van der Waals surface area contributed by atoms with Crippen LogP contribution >= 0.6 is 7.82 Å². The highest BCUT2D eigenvalue weighted by atomic mass is 31.2. The standard InChI is InChI=1S/C72H126NO8P/c1-6-8-10-12-14-16-18-20-22-24-26-28-30-32-34-35-36-37-39-40-42-44-46-48-50-52-54-56-58-60-62-64-71(74)78-68-70(69-80-82(76,77)79-67-66-73(3,4)5)81-72(75)65-63-61-59-57-55-53-51-49-47-45-43-41-38-33-31-29-27-25-23-21-19-17-15-13-11-9-7-2/h9,11,15,17-18,20-21,23-24,26-27,29,33,38,43,45,49,51,70H,6-8,10,12-14,16,19,22,25,28,30-32,34-37,39-42,44,46-48,50,52-69H2,1-5H3/p+1/b11-9-,17-15-,20-18-,23-21-,26-24-,29-27-,38-33-,45-43-,51-49-. The molecule has 0 spiro atoms. The minimum Gasteiger partial charge on any atom is -0.462 e. The number of carbonyl (C=O) groups excluding carboxylic acids is 2. The Morgan fingerprint density at radius 2 is 0.695 bits per heavy atom. The third-order valence-electron chi connectivity index (χ3n) is 14.3. The van der Waals surface area contributed by atoms with Crippen molar-refractivity contribution in [3.63, 3.8) is 0 Å². The highest BCUT2D eigenvalue weighted by Gasteiger charge is 2.27. The van der Waals surface area contributed by atoms with Crippen molar-refractivity contribution in [2.45, 2.75) is 290 Å². The van der Waals surface area contributed by atoms with Crippen molar-refractivity contribution >= 4 is 19.8 Å². The van der Waals surface area contributed by atoms with Crippen molar-refractivity contribution in [3.05, 3.63) is 109 Å². The molecule has 1 N–H and O–H groups in total. The lowest BCUT2D eigenvalue weighted by molar-refractivity contribution is -0.870. The van der Waals surface area contributed by atoms with E-state index in [9.17, 15) is 19.0 Å². The van der Waals surface area contributed by atoms with E-state index < -0.39 is 26.5 Å². The molecule has 0 radical (unpaired) electrons. The zero-order chi connectivity index (χ0) is 59.8. The normalized spacial score (nSPS) is 13.9. The molecule has 0 aromatic rings. The fraction of sp³-hybridized carbons (Fsp3) is 0.722. The first-order valence-electron chi connectivity index (χ1n) is 33.6. The maximum Gasteiger partial charge on any atom is 0.472 e. The van der Waals surface area contributed by atoms with E-state index in [1.807, 2.05) is 21.1 Å². The van der Waals surface area contributed by atoms with Gasteiger partial charge in [0.1, 0.15) is 19.8 Å². The molecule has 2 atom stereocenters. The summed E-state index contributed by atoms with van der Waals surface area (Å²) in [6, 6.07) is 0. The molecule has 9 nitrogen and oxygen atoms in total. The molecule has 10 heteroatoms. The van der Waals surface area contributed by atoms with E-state index in [2.05, 4.69) is 123 Å². The lowest BCUT2D eigenvalue weighted by atomic mass is 10.0. The first kappa shape index (κ1) is 78.7. The average Bonchev–Trinajstić information content (AvgIpc) is 3.46. The predicted octanol–water partition coefficient (Wildman–Crippen LogP) is 21.7. The maximum atomic E-state index is 12.9. The number of hydrogen-bond donors (Lipinski definition) is 1. The first-order valence-corrected chi connectivity index (χ1v) is 35.1. The molecule has 0 rings (SSSR count). The summed E-state index contributed by atoms with van der Waals surface area (Å²) in [5, 5.41) is 0. The minimum atomic E-state index is -4.40. The first-order chi connectivity index (χ1) is 40.0. The van der Waals surface area contributed by atoms with Crippen molar-refractivity contribution < 1.29 is 42.1 Å². The summed E-state index contributed by atoms with van der Waals surface area (Å²) in [6.45, 7) is 4.30. The number of likely N-dealkylation sites (N-methyl/N-ethyl adjacent to an activating group) is 1. The number of rotatable bonds is 61. The van der Waals surface area contributed by atoms with Crippen LogP contribution in [-0.4, -0.2) is 74.9 Å². The van der Waals surface area contributed by atoms with Gasteiger partial charge in [-0.1, -0.05) is 277 Å². The molecule has 0 bridgehead atoms. The highest BCUT2D eigenvalue weighted by Crippen LogP contribution is 2.43. The van der Waals surface area contributed by atoms with Crippen LogP contribution in [0, 0.1) is 0 Å². The number of hydrogen-bond acceptors (Lipinski definition) is 7. The van der Waals surface area contributed by atoms with Crippen LogP contribution in [0.25, 0.3) is 0 Å². The summed E-state index contributed by atoms with van der Waals surface area (Å²) >= 11 is 0. The Hall–Kier alpha value is -3.33. The number of unbranched alkanes of at least 4 members (excludes halogenated alkanes) is 29. The Labute approximate surface area is 506 Å². The van der Waals surface area contributed by atoms with E-state index >= 15 is 0 Å². The van der Waals surface area contributed by atoms with E-state index in [0.29, 0.717) is 17.4 Å². The molecule has 0 heterocycles. The molecule has 0 aromatic heterocycles. The Morgan fingerprint density at radius 1 is 0.390 bits per heavy atom. The third-order valence-corrected chi connectivity index (χ3v) is 15.3. The van der Waals surface area contributed by atoms with Crippen LogP contribution in [0.3, 0.4) is 0 Å². The number of phosphoric ester groups is 1. The van der Waals surface area contributed by atoms with Crippen LogP contribution < -0.4 is 0 Å². The molecule has 2 unspecified atom stereocenters. The molecule has 0 aromatic carbocycles. The number of allylic oxidation sites excluding steroid dienone is 18. The van der Waals surface area contributed by atoms with E-state index in [0.717, 1.165) is 103 Å². The third kappa shape index (κ3) is 65.8. The average molecular weight is 1170 g/mol. The summed E-state index contributed by atoms with van der Waals surface area (Å²) in [7, 11) is 1.46. The summed E-state index contributed by atoms with van der Waals surface area (Å²) in [4.78, 5) is 35.8. The van der Waals surface area contributed by atoms with Crippen LogP contribution in [0.5, 0.6) is 0 Å². The molecule has 0 fully saturated rings.